The van der Waals surface area contributed by atoms with Crippen LogP contribution in [0.25, 0.3) is 16.8 Å². The van der Waals surface area contributed by atoms with Gasteiger partial charge in [0, 0.05) is 12.0 Å². The van der Waals surface area contributed by atoms with Gasteiger partial charge in [-0.05, 0) is 21.9 Å². The molecule has 0 bridgehead atoms. The minimum absolute atomic E-state index is 0.188. The van der Waals surface area contributed by atoms with E-state index < -0.39 is 17.4 Å². The summed E-state index contributed by atoms with van der Waals surface area (Å²) in [4.78, 5) is 23.3. The van der Waals surface area contributed by atoms with Gasteiger partial charge in [-0.15, -0.1) is 0 Å². The number of carboxylic acid groups (broad SMARTS) is 1. The highest BCUT2D eigenvalue weighted by molar-refractivity contribution is 6.21. The summed E-state index contributed by atoms with van der Waals surface area (Å²) >= 11 is 0. The Hall–Kier alpha value is -2.72. The lowest BCUT2D eigenvalue weighted by Crippen LogP contribution is -2.28. The first-order valence-electron chi connectivity index (χ1n) is 6.96. The molecule has 0 aliphatic heterocycles. The monoisotopic (exact) mass is 292 g/mol. The van der Waals surface area contributed by atoms with Crippen molar-refractivity contribution in [2.75, 3.05) is 0 Å². The molecule has 0 heterocycles. The molecular weight excluding hydrogens is 280 g/mol. The van der Waals surface area contributed by atoms with Crippen LogP contribution in [-0.2, 0) is 15.2 Å². The van der Waals surface area contributed by atoms with E-state index in [0.717, 1.165) is 16.3 Å². The van der Waals surface area contributed by atoms with Gasteiger partial charge in [-0.3, -0.25) is 4.79 Å². The van der Waals surface area contributed by atoms with E-state index in [9.17, 15) is 19.8 Å². The number of aliphatic hydroxyl groups is 1. The lowest BCUT2D eigenvalue weighted by atomic mass is 9.78. The molecule has 4 heteroatoms. The van der Waals surface area contributed by atoms with Crippen molar-refractivity contribution in [1.82, 2.24) is 0 Å². The van der Waals surface area contributed by atoms with Gasteiger partial charge in [0.15, 0.2) is 5.78 Å². The topological polar surface area (TPSA) is 74.6 Å². The molecule has 2 aliphatic rings. The number of hydrogen-bond acceptors (Lipinski definition) is 3. The number of Topliss-reactive ketones (excluding diaryl/α,β-unsaturated/α-hetero) is 1. The number of aliphatic carboxylic acids is 1. The van der Waals surface area contributed by atoms with Crippen LogP contribution in [0.5, 0.6) is 0 Å². The van der Waals surface area contributed by atoms with Crippen molar-refractivity contribution in [2.45, 2.75) is 12.0 Å². The molecule has 108 valence electrons. The summed E-state index contributed by atoms with van der Waals surface area (Å²) in [5.74, 6) is -1.82. The van der Waals surface area contributed by atoms with E-state index in [1.807, 2.05) is 30.3 Å². The van der Waals surface area contributed by atoms with Gasteiger partial charge in [-0.2, -0.15) is 0 Å². The summed E-state index contributed by atoms with van der Waals surface area (Å²) in [5.41, 5.74) is -0.235. The van der Waals surface area contributed by atoms with Crippen LogP contribution >= 0.6 is 0 Å². The highest BCUT2D eigenvalue weighted by Crippen LogP contribution is 2.48. The van der Waals surface area contributed by atoms with Gasteiger partial charge in [0.2, 0.25) is 0 Å². The van der Waals surface area contributed by atoms with Crippen molar-refractivity contribution < 1.29 is 19.8 Å². The van der Waals surface area contributed by atoms with Crippen LogP contribution in [0.1, 0.15) is 17.5 Å². The summed E-state index contributed by atoms with van der Waals surface area (Å²) in [6.07, 6.45) is 3.12. The molecule has 1 atom stereocenters. The summed E-state index contributed by atoms with van der Waals surface area (Å²) in [7, 11) is 0. The maximum absolute atomic E-state index is 12.0. The number of benzene rings is 2. The summed E-state index contributed by atoms with van der Waals surface area (Å²) < 4.78 is 0. The fraction of sp³-hybridized carbons (Fsp3) is 0.111. The minimum atomic E-state index is -1.54. The Labute approximate surface area is 126 Å². The van der Waals surface area contributed by atoms with Gasteiger partial charge in [0.25, 0.3) is 0 Å². The van der Waals surface area contributed by atoms with Crippen LogP contribution in [0, 0.1) is 0 Å². The van der Waals surface area contributed by atoms with Crippen LogP contribution < -0.4 is 0 Å². The molecule has 0 saturated heterocycles. The van der Waals surface area contributed by atoms with Gasteiger partial charge in [0.05, 0.1) is 0 Å². The minimum Gasteiger partial charge on any atom is -0.478 e. The molecule has 0 fully saturated rings. The molecule has 4 nitrogen and oxygen atoms in total. The third-order valence-corrected chi connectivity index (χ3v) is 4.46. The molecule has 2 aliphatic carbocycles. The quantitative estimate of drug-likeness (QED) is 0.791. The average Bonchev–Trinajstić information content (AvgIpc) is 2.77. The molecule has 2 aromatic rings. The van der Waals surface area contributed by atoms with Crippen molar-refractivity contribution in [3.05, 3.63) is 64.7 Å². The lowest BCUT2D eigenvalue weighted by Gasteiger charge is -2.30. The standard InChI is InChI=1S/C18H12O4/c19-15-9-18(22)13-7-5-10-3-1-2-4-11(10)12(13)6-8-14(18)16(15)17(20)21/h1-8,22H,9H2,(H,20,21). The third-order valence-electron chi connectivity index (χ3n) is 4.46. The van der Waals surface area contributed by atoms with Crippen LogP contribution in [0.2, 0.25) is 0 Å². The summed E-state index contributed by atoms with van der Waals surface area (Å²) in [6.45, 7) is 0. The van der Waals surface area contributed by atoms with E-state index >= 15 is 0 Å². The fourth-order valence-corrected chi connectivity index (χ4v) is 3.47. The largest absolute Gasteiger partial charge is 0.478 e. The summed E-state index contributed by atoms with van der Waals surface area (Å²) in [6, 6.07) is 11.4. The van der Waals surface area contributed by atoms with Crippen LogP contribution in [0.4, 0.5) is 0 Å². The Balaban J connectivity index is 2.06. The number of fused-ring (bicyclic) bond motifs is 5. The first kappa shape index (κ1) is 13.0. The average molecular weight is 292 g/mol. The molecule has 0 spiro atoms. The molecule has 2 N–H and O–H groups in total. The van der Waals surface area contributed by atoms with Crippen molar-refractivity contribution in [2.24, 2.45) is 0 Å². The molecule has 0 aromatic heterocycles. The molecule has 4 rings (SSSR count). The van der Waals surface area contributed by atoms with Crippen LogP contribution in [0.15, 0.2) is 53.6 Å². The highest BCUT2D eigenvalue weighted by atomic mass is 16.4. The molecule has 1 unspecified atom stereocenters. The zero-order valence-corrected chi connectivity index (χ0v) is 11.5. The van der Waals surface area contributed by atoms with Crippen molar-refractivity contribution in [3.63, 3.8) is 0 Å². The second-order valence-corrected chi connectivity index (χ2v) is 5.64. The Morgan fingerprint density at radius 3 is 2.64 bits per heavy atom. The highest BCUT2D eigenvalue weighted by Gasteiger charge is 2.48. The van der Waals surface area contributed by atoms with Gasteiger partial charge in [-0.25, -0.2) is 4.79 Å². The first-order chi connectivity index (χ1) is 10.5. The molecule has 22 heavy (non-hydrogen) atoms. The van der Waals surface area contributed by atoms with Crippen molar-refractivity contribution in [3.8, 4) is 0 Å². The van der Waals surface area contributed by atoms with E-state index in [2.05, 4.69) is 0 Å². The van der Waals surface area contributed by atoms with Crippen LogP contribution in [0.3, 0.4) is 0 Å². The van der Waals surface area contributed by atoms with Gasteiger partial charge in [0.1, 0.15) is 11.2 Å². The normalized spacial score (nSPS) is 22.9. The van der Waals surface area contributed by atoms with E-state index in [1.165, 1.54) is 0 Å². The smallest absolute Gasteiger partial charge is 0.339 e. The Morgan fingerprint density at radius 1 is 1.09 bits per heavy atom. The van der Waals surface area contributed by atoms with Gasteiger partial charge >= 0.3 is 5.97 Å². The van der Waals surface area contributed by atoms with E-state index in [4.69, 9.17) is 0 Å². The second kappa shape index (κ2) is 4.15. The maximum atomic E-state index is 12.0. The van der Waals surface area contributed by atoms with E-state index in [0.29, 0.717) is 5.56 Å². The van der Waals surface area contributed by atoms with Crippen LogP contribution in [-0.4, -0.2) is 22.0 Å². The van der Waals surface area contributed by atoms with E-state index in [1.54, 1.807) is 18.2 Å². The number of rotatable bonds is 1. The number of hydrogen-bond donors (Lipinski definition) is 2. The first-order valence-corrected chi connectivity index (χ1v) is 6.96. The number of carboxylic acids is 1. The predicted molar refractivity (Wildman–Crippen MR) is 81.2 cm³/mol. The Kier molecular flexibility index (Phi) is 2.45. The van der Waals surface area contributed by atoms with Crippen molar-refractivity contribution >= 4 is 28.6 Å². The maximum Gasteiger partial charge on any atom is 0.339 e. The number of carbonyl (C=O) groups is 2. The third kappa shape index (κ3) is 1.50. The molecule has 0 amide bonds. The number of carbonyl (C=O) groups excluding carboxylic acids is 1. The Bertz CT molecular complexity index is 920. The lowest BCUT2D eigenvalue weighted by molar-refractivity contribution is -0.134. The zero-order valence-electron chi connectivity index (χ0n) is 11.5. The number of ketones is 1. The molecule has 2 aromatic carbocycles. The van der Waals surface area contributed by atoms with Gasteiger partial charge < -0.3 is 10.2 Å². The van der Waals surface area contributed by atoms with Gasteiger partial charge in [-0.1, -0.05) is 48.6 Å². The van der Waals surface area contributed by atoms with Crippen molar-refractivity contribution in [1.29, 1.82) is 0 Å². The molecule has 0 radical (unpaired) electrons. The fourth-order valence-electron chi connectivity index (χ4n) is 3.47. The SMILES string of the molecule is O=C(O)C1=C2C=Cc3c(ccc4ccccc34)C2(O)CC1=O. The Morgan fingerprint density at radius 2 is 1.86 bits per heavy atom. The predicted octanol–water partition coefficient (Wildman–Crippen LogP) is 2.41. The van der Waals surface area contributed by atoms with E-state index in [-0.39, 0.29) is 17.6 Å². The zero-order chi connectivity index (χ0) is 15.5. The summed E-state index contributed by atoms with van der Waals surface area (Å²) in [5, 5.41) is 22.3. The molecule has 0 saturated carbocycles. The second-order valence-electron chi connectivity index (χ2n) is 5.64. The molecular formula is C18H12O4.